The van der Waals surface area contributed by atoms with Crippen molar-refractivity contribution in [3.05, 3.63) is 21.2 Å². The van der Waals surface area contributed by atoms with Gasteiger partial charge in [-0.15, -0.1) is 0 Å². The largest absolute Gasteiger partial charge is 0.463 e. The number of thioether (sulfide) groups is 1. The van der Waals surface area contributed by atoms with E-state index in [1.165, 1.54) is 48.9 Å². The molecule has 2 unspecified atom stereocenters. The van der Waals surface area contributed by atoms with Crippen molar-refractivity contribution in [2.45, 2.75) is 64.9 Å². The van der Waals surface area contributed by atoms with E-state index in [1.54, 1.807) is 4.91 Å². The first kappa shape index (κ1) is 14.1. The summed E-state index contributed by atoms with van der Waals surface area (Å²) in [5, 5.41) is 3.69. The molecule has 0 saturated heterocycles. The van der Waals surface area contributed by atoms with Crippen LogP contribution in [0.5, 0.6) is 0 Å². The van der Waals surface area contributed by atoms with Crippen LogP contribution in [0.3, 0.4) is 0 Å². The Hall–Kier alpha value is -0.900. The second-order valence-electron chi connectivity index (χ2n) is 6.06. The second-order valence-corrected chi connectivity index (χ2v) is 7.24. The smallest absolute Gasteiger partial charge is 0.302 e. The van der Waals surface area contributed by atoms with E-state index >= 15 is 0 Å². The average molecular weight is 293 g/mol. The molecule has 20 heavy (non-hydrogen) atoms. The van der Waals surface area contributed by atoms with Crippen LogP contribution in [0, 0.1) is 5.92 Å². The molecule has 1 N–H and O–H groups in total. The average Bonchev–Trinajstić information content (AvgIpc) is 2.43. The Balaban J connectivity index is 1.67. The maximum Gasteiger partial charge on any atom is 0.302 e. The molecule has 0 aromatic rings. The van der Waals surface area contributed by atoms with E-state index in [0.29, 0.717) is 5.92 Å². The summed E-state index contributed by atoms with van der Waals surface area (Å²) in [4.78, 5) is 14.2. The van der Waals surface area contributed by atoms with Gasteiger partial charge in [0.1, 0.15) is 6.10 Å². The normalized spacial score (nSPS) is 27.4. The van der Waals surface area contributed by atoms with Crippen molar-refractivity contribution >= 4 is 17.7 Å². The van der Waals surface area contributed by atoms with Crippen molar-refractivity contribution in [2.24, 2.45) is 5.92 Å². The molecule has 1 aliphatic heterocycles. The van der Waals surface area contributed by atoms with Crippen molar-refractivity contribution < 1.29 is 9.53 Å². The molecule has 2 aliphatic carbocycles. The molecule has 3 aliphatic rings. The highest BCUT2D eigenvalue weighted by atomic mass is 32.2. The summed E-state index contributed by atoms with van der Waals surface area (Å²) < 4.78 is 5.37. The number of carbonyl (C=O) groups is 1. The lowest BCUT2D eigenvalue weighted by Crippen LogP contribution is -2.31. The van der Waals surface area contributed by atoms with E-state index in [0.717, 1.165) is 19.3 Å². The minimum absolute atomic E-state index is 0.0232. The second kappa shape index (κ2) is 5.84. The van der Waals surface area contributed by atoms with Crippen LogP contribution >= 0.6 is 11.8 Å². The van der Waals surface area contributed by atoms with Gasteiger partial charge in [0.05, 0.1) is 0 Å². The number of carbonyl (C=O) groups excluding carboxylic acids is 1. The van der Waals surface area contributed by atoms with Crippen molar-refractivity contribution in [3.8, 4) is 0 Å². The molecule has 0 saturated carbocycles. The number of esters is 1. The van der Waals surface area contributed by atoms with Gasteiger partial charge >= 0.3 is 5.97 Å². The maximum atomic E-state index is 11.1. The highest BCUT2D eigenvalue weighted by molar-refractivity contribution is 8.06. The van der Waals surface area contributed by atoms with Crippen LogP contribution in [0.2, 0.25) is 0 Å². The first-order chi connectivity index (χ1) is 9.63. The molecule has 2 atom stereocenters. The zero-order valence-corrected chi connectivity index (χ0v) is 13.1. The van der Waals surface area contributed by atoms with E-state index < -0.39 is 0 Å². The van der Waals surface area contributed by atoms with Crippen molar-refractivity contribution in [1.29, 1.82) is 0 Å². The molecule has 0 aromatic carbocycles. The lowest BCUT2D eigenvalue weighted by atomic mass is 9.87. The molecule has 0 amide bonds. The number of ether oxygens (including phenoxy) is 1. The fourth-order valence-corrected chi connectivity index (χ4v) is 4.69. The van der Waals surface area contributed by atoms with Crippen molar-refractivity contribution in [1.82, 2.24) is 5.32 Å². The van der Waals surface area contributed by atoms with Crippen LogP contribution in [-0.4, -0.2) is 12.1 Å². The van der Waals surface area contributed by atoms with E-state index in [1.807, 2.05) is 18.7 Å². The van der Waals surface area contributed by atoms with Gasteiger partial charge in [0.15, 0.2) is 0 Å². The summed E-state index contributed by atoms with van der Waals surface area (Å²) in [6, 6.07) is 0. The summed E-state index contributed by atoms with van der Waals surface area (Å²) in [5.41, 5.74) is 2.85. The molecule has 0 bridgehead atoms. The standard InChI is InChI=1S/C16H23NO2S/c1-10(19-11(2)18)12-7-8-16-14(9-12)17-13-5-3-4-6-15(13)20-16/h10,12,17H,3-9H2,1-2H3. The predicted octanol–water partition coefficient (Wildman–Crippen LogP) is 4.07. The van der Waals surface area contributed by atoms with E-state index in [-0.39, 0.29) is 12.1 Å². The van der Waals surface area contributed by atoms with Crippen LogP contribution in [0.4, 0.5) is 0 Å². The van der Waals surface area contributed by atoms with Gasteiger partial charge in [-0.25, -0.2) is 0 Å². The fraction of sp³-hybridized carbons (Fsp3) is 0.688. The Labute approximate surface area is 125 Å². The van der Waals surface area contributed by atoms with E-state index in [9.17, 15) is 4.79 Å². The Morgan fingerprint density at radius 2 is 2.00 bits per heavy atom. The zero-order chi connectivity index (χ0) is 14.1. The summed E-state index contributed by atoms with van der Waals surface area (Å²) >= 11 is 2.02. The van der Waals surface area contributed by atoms with E-state index in [2.05, 4.69) is 5.32 Å². The summed E-state index contributed by atoms with van der Waals surface area (Å²) in [7, 11) is 0. The Morgan fingerprint density at radius 1 is 1.25 bits per heavy atom. The molecule has 0 fully saturated rings. The molecule has 110 valence electrons. The molecule has 0 spiro atoms. The molecule has 0 radical (unpaired) electrons. The lowest BCUT2D eigenvalue weighted by Gasteiger charge is -2.36. The molecule has 4 heteroatoms. The van der Waals surface area contributed by atoms with Crippen molar-refractivity contribution in [2.75, 3.05) is 0 Å². The number of rotatable bonds is 2. The van der Waals surface area contributed by atoms with E-state index in [4.69, 9.17) is 4.74 Å². The van der Waals surface area contributed by atoms with Crippen molar-refractivity contribution in [3.63, 3.8) is 0 Å². The molecule has 1 heterocycles. The first-order valence-corrected chi connectivity index (χ1v) is 8.51. The number of nitrogens with one attached hydrogen (secondary N) is 1. The topological polar surface area (TPSA) is 38.3 Å². The summed E-state index contributed by atoms with van der Waals surface area (Å²) in [5.74, 6) is 0.289. The van der Waals surface area contributed by atoms with Gasteiger partial charge in [-0.2, -0.15) is 0 Å². The summed E-state index contributed by atoms with van der Waals surface area (Å²) in [6.45, 7) is 3.52. The first-order valence-electron chi connectivity index (χ1n) is 7.69. The third-order valence-corrected chi connectivity index (χ3v) is 5.92. The minimum atomic E-state index is -0.166. The molecular formula is C16H23NO2S. The fourth-order valence-electron chi connectivity index (χ4n) is 3.39. The Kier molecular flexibility index (Phi) is 4.11. The van der Waals surface area contributed by atoms with Gasteiger partial charge in [-0.05, 0) is 51.9 Å². The van der Waals surface area contributed by atoms with Gasteiger partial charge in [-0.1, -0.05) is 11.8 Å². The monoisotopic (exact) mass is 293 g/mol. The van der Waals surface area contributed by atoms with Gasteiger partial charge in [-0.3, -0.25) is 4.79 Å². The Morgan fingerprint density at radius 3 is 2.80 bits per heavy atom. The van der Waals surface area contributed by atoms with Crippen LogP contribution in [0.15, 0.2) is 21.2 Å². The summed E-state index contributed by atoms with van der Waals surface area (Å²) in [6.07, 6.45) is 8.39. The van der Waals surface area contributed by atoms with Gasteiger partial charge in [0, 0.05) is 34.0 Å². The quantitative estimate of drug-likeness (QED) is 0.779. The highest BCUT2D eigenvalue weighted by Gasteiger charge is 2.31. The van der Waals surface area contributed by atoms with Gasteiger partial charge in [0.2, 0.25) is 0 Å². The number of allylic oxidation sites excluding steroid dienone is 4. The van der Waals surface area contributed by atoms with Crippen LogP contribution in [0.1, 0.15) is 58.8 Å². The van der Waals surface area contributed by atoms with Gasteiger partial charge < -0.3 is 10.1 Å². The molecule has 3 nitrogen and oxygen atoms in total. The zero-order valence-electron chi connectivity index (χ0n) is 12.3. The number of hydrogen-bond donors (Lipinski definition) is 1. The third kappa shape index (κ3) is 2.90. The Bertz CT molecular complexity index is 481. The third-order valence-electron chi connectivity index (χ3n) is 4.53. The SMILES string of the molecule is CC(=O)OC(C)C1CCC2=C(C1)NC1=C(CCCC1)S2. The predicted molar refractivity (Wildman–Crippen MR) is 81.8 cm³/mol. The van der Waals surface area contributed by atoms with Gasteiger partial charge in [0.25, 0.3) is 0 Å². The molecule has 3 rings (SSSR count). The molecule has 0 aromatic heterocycles. The lowest BCUT2D eigenvalue weighted by molar-refractivity contribution is -0.148. The van der Waals surface area contributed by atoms with Crippen LogP contribution in [0.25, 0.3) is 0 Å². The van der Waals surface area contributed by atoms with Crippen LogP contribution in [-0.2, 0) is 9.53 Å². The number of hydrogen-bond acceptors (Lipinski definition) is 4. The maximum absolute atomic E-state index is 11.1. The van der Waals surface area contributed by atoms with Crippen LogP contribution < -0.4 is 5.32 Å². The highest BCUT2D eigenvalue weighted by Crippen LogP contribution is 2.46. The molecular weight excluding hydrogens is 270 g/mol. The minimum Gasteiger partial charge on any atom is -0.463 e.